The molecule has 0 bridgehead atoms. The van der Waals surface area contributed by atoms with E-state index >= 15 is 0 Å². The Balaban J connectivity index is 1.43. The smallest absolute Gasteiger partial charge is 0.0666 e. The molecule has 3 aliphatic rings. The Kier molecular flexibility index (Phi) is 4.16. The van der Waals surface area contributed by atoms with Crippen LogP contribution in [0.2, 0.25) is 0 Å². The molecule has 0 radical (unpaired) electrons. The van der Waals surface area contributed by atoms with Crippen LogP contribution < -0.4 is 5.32 Å². The maximum absolute atomic E-state index is 5.94. The zero-order valence-electron chi connectivity index (χ0n) is 12.7. The van der Waals surface area contributed by atoms with E-state index in [0.29, 0.717) is 6.04 Å². The van der Waals surface area contributed by atoms with Crippen LogP contribution in [0.3, 0.4) is 0 Å². The Morgan fingerprint density at radius 3 is 2.47 bits per heavy atom. The van der Waals surface area contributed by atoms with E-state index in [1.54, 1.807) is 0 Å². The number of rotatable bonds is 4. The summed E-state index contributed by atoms with van der Waals surface area (Å²) in [6.45, 7) is 8.09. The highest BCUT2D eigenvalue weighted by molar-refractivity contribution is 4.91. The lowest BCUT2D eigenvalue weighted by atomic mass is 9.89. The second-order valence-electron chi connectivity index (χ2n) is 7.05. The monoisotopic (exact) mass is 266 g/mol. The summed E-state index contributed by atoms with van der Waals surface area (Å²) in [4.78, 5) is 2.71. The van der Waals surface area contributed by atoms with Crippen molar-refractivity contribution in [2.75, 3.05) is 19.7 Å². The van der Waals surface area contributed by atoms with Crippen LogP contribution in [0.4, 0.5) is 0 Å². The van der Waals surface area contributed by atoms with Gasteiger partial charge in [0.05, 0.1) is 5.60 Å². The summed E-state index contributed by atoms with van der Waals surface area (Å²) in [6, 6.07) is 2.38. The average molecular weight is 266 g/mol. The first-order valence-electron chi connectivity index (χ1n) is 8.32. The third-order valence-corrected chi connectivity index (χ3v) is 5.41. The second-order valence-corrected chi connectivity index (χ2v) is 7.05. The zero-order chi connectivity index (χ0) is 13.3. The van der Waals surface area contributed by atoms with Crippen molar-refractivity contribution in [1.82, 2.24) is 10.2 Å². The Labute approximate surface area is 118 Å². The highest BCUT2D eigenvalue weighted by atomic mass is 16.5. The molecule has 3 heteroatoms. The molecule has 2 unspecified atom stereocenters. The zero-order valence-corrected chi connectivity index (χ0v) is 12.7. The number of ether oxygens (including phenoxy) is 1. The van der Waals surface area contributed by atoms with Crippen molar-refractivity contribution in [2.45, 2.75) is 82.5 Å². The van der Waals surface area contributed by atoms with Crippen LogP contribution in [0, 0.1) is 0 Å². The van der Waals surface area contributed by atoms with Crippen molar-refractivity contribution in [3.8, 4) is 0 Å². The third kappa shape index (κ3) is 3.50. The van der Waals surface area contributed by atoms with Crippen LogP contribution in [0.5, 0.6) is 0 Å². The minimum Gasteiger partial charge on any atom is -0.375 e. The van der Waals surface area contributed by atoms with Crippen molar-refractivity contribution in [1.29, 1.82) is 0 Å². The number of piperidine rings is 1. The first-order valence-corrected chi connectivity index (χ1v) is 8.32. The third-order valence-electron chi connectivity index (χ3n) is 5.41. The summed E-state index contributed by atoms with van der Waals surface area (Å²) in [5.41, 5.74) is 0.116. The van der Waals surface area contributed by atoms with Gasteiger partial charge in [0, 0.05) is 24.7 Å². The molecule has 3 nitrogen and oxygen atoms in total. The Morgan fingerprint density at radius 1 is 1.11 bits per heavy atom. The number of likely N-dealkylation sites (tertiary alicyclic amines) is 1. The minimum atomic E-state index is 0.116. The SMILES string of the molecule is CCC1(C)CC(NC2CCN(C3CC3)CC2)CCO1. The highest BCUT2D eigenvalue weighted by Crippen LogP contribution is 2.31. The minimum absolute atomic E-state index is 0.116. The van der Waals surface area contributed by atoms with Gasteiger partial charge in [-0.1, -0.05) is 6.92 Å². The van der Waals surface area contributed by atoms with Crippen molar-refractivity contribution in [2.24, 2.45) is 0 Å². The molecular weight excluding hydrogens is 236 g/mol. The maximum atomic E-state index is 5.94. The van der Waals surface area contributed by atoms with Crippen LogP contribution in [-0.4, -0.2) is 48.3 Å². The maximum Gasteiger partial charge on any atom is 0.0666 e. The van der Waals surface area contributed by atoms with E-state index in [9.17, 15) is 0 Å². The Bertz CT molecular complexity index is 297. The fraction of sp³-hybridized carbons (Fsp3) is 1.00. The predicted octanol–water partition coefficient (Wildman–Crippen LogP) is 2.55. The van der Waals surface area contributed by atoms with Crippen LogP contribution in [-0.2, 0) is 4.74 Å². The lowest BCUT2D eigenvalue weighted by Gasteiger charge is -2.41. The largest absolute Gasteiger partial charge is 0.375 e. The van der Waals surface area contributed by atoms with Gasteiger partial charge in [-0.05, 0) is 65.0 Å². The molecule has 0 aromatic rings. The Hall–Kier alpha value is -0.120. The fourth-order valence-corrected chi connectivity index (χ4v) is 3.72. The molecule has 0 spiro atoms. The summed E-state index contributed by atoms with van der Waals surface area (Å²) in [7, 11) is 0. The molecule has 19 heavy (non-hydrogen) atoms. The molecule has 110 valence electrons. The highest BCUT2D eigenvalue weighted by Gasteiger charge is 2.35. The molecule has 2 saturated heterocycles. The lowest BCUT2D eigenvalue weighted by molar-refractivity contribution is -0.0797. The van der Waals surface area contributed by atoms with Crippen LogP contribution in [0.1, 0.15) is 58.8 Å². The van der Waals surface area contributed by atoms with Gasteiger partial charge in [0.2, 0.25) is 0 Å². The van der Waals surface area contributed by atoms with Gasteiger partial charge in [-0.15, -0.1) is 0 Å². The van der Waals surface area contributed by atoms with Crippen molar-refractivity contribution in [3.63, 3.8) is 0 Å². The second kappa shape index (κ2) is 5.71. The van der Waals surface area contributed by atoms with Gasteiger partial charge in [0.15, 0.2) is 0 Å². The number of nitrogens with zero attached hydrogens (tertiary/aromatic N) is 1. The van der Waals surface area contributed by atoms with Gasteiger partial charge in [-0.3, -0.25) is 0 Å². The average Bonchev–Trinajstić information content (AvgIpc) is 3.24. The van der Waals surface area contributed by atoms with Crippen molar-refractivity contribution in [3.05, 3.63) is 0 Å². The van der Waals surface area contributed by atoms with Gasteiger partial charge in [0.25, 0.3) is 0 Å². The fourth-order valence-electron chi connectivity index (χ4n) is 3.72. The molecule has 1 N–H and O–H groups in total. The van der Waals surface area contributed by atoms with Crippen molar-refractivity contribution < 1.29 is 4.74 Å². The van der Waals surface area contributed by atoms with Crippen LogP contribution in [0.15, 0.2) is 0 Å². The van der Waals surface area contributed by atoms with Gasteiger partial charge < -0.3 is 15.0 Å². The molecule has 1 saturated carbocycles. The molecule has 2 atom stereocenters. The van der Waals surface area contributed by atoms with Gasteiger partial charge >= 0.3 is 0 Å². The molecule has 2 heterocycles. The van der Waals surface area contributed by atoms with E-state index < -0.39 is 0 Å². The quantitative estimate of drug-likeness (QED) is 0.846. The summed E-state index contributed by atoms with van der Waals surface area (Å²) in [5, 5.41) is 3.92. The van der Waals surface area contributed by atoms with Crippen molar-refractivity contribution >= 4 is 0 Å². The molecule has 3 rings (SSSR count). The van der Waals surface area contributed by atoms with Crippen LogP contribution in [0.25, 0.3) is 0 Å². The first-order chi connectivity index (χ1) is 9.18. The first kappa shape index (κ1) is 13.8. The molecular formula is C16H30N2O. The molecule has 0 aromatic heterocycles. The number of hydrogen-bond donors (Lipinski definition) is 1. The summed E-state index contributed by atoms with van der Waals surface area (Å²) in [6.07, 6.45) is 9.10. The van der Waals surface area contributed by atoms with E-state index in [2.05, 4.69) is 24.1 Å². The molecule has 0 amide bonds. The standard InChI is InChI=1S/C16H30N2O/c1-3-16(2)12-14(8-11-19-16)17-13-6-9-18(10-7-13)15-4-5-15/h13-15,17H,3-12H2,1-2H3. The lowest BCUT2D eigenvalue weighted by Crippen LogP contribution is -2.51. The van der Waals surface area contributed by atoms with E-state index in [0.717, 1.165) is 25.1 Å². The summed E-state index contributed by atoms with van der Waals surface area (Å²) >= 11 is 0. The summed E-state index contributed by atoms with van der Waals surface area (Å²) in [5.74, 6) is 0. The van der Waals surface area contributed by atoms with Gasteiger partial charge in [-0.2, -0.15) is 0 Å². The van der Waals surface area contributed by atoms with E-state index in [4.69, 9.17) is 4.74 Å². The van der Waals surface area contributed by atoms with E-state index in [1.807, 2.05) is 0 Å². The topological polar surface area (TPSA) is 24.5 Å². The number of nitrogens with one attached hydrogen (secondary N) is 1. The van der Waals surface area contributed by atoms with Crippen LogP contribution >= 0.6 is 0 Å². The van der Waals surface area contributed by atoms with E-state index in [-0.39, 0.29) is 5.60 Å². The molecule has 1 aliphatic carbocycles. The van der Waals surface area contributed by atoms with E-state index in [1.165, 1.54) is 51.6 Å². The van der Waals surface area contributed by atoms with Gasteiger partial charge in [0.1, 0.15) is 0 Å². The number of hydrogen-bond acceptors (Lipinski definition) is 3. The summed E-state index contributed by atoms with van der Waals surface area (Å²) < 4.78 is 5.94. The van der Waals surface area contributed by atoms with Gasteiger partial charge in [-0.25, -0.2) is 0 Å². The molecule has 3 fully saturated rings. The predicted molar refractivity (Wildman–Crippen MR) is 78.4 cm³/mol. The normalized spacial score (nSPS) is 38.5. The molecule has 2 aliphatic heterocycles. The molecule has 0 aromatic carbocycles. The Morgan fingerprint density at radius 2 is 1.84 bits per heavy atom.